The predicted octanol–water partition coefficient (Wildman–Crippen LogP) is 2.47. The summed E-state index contributed by atoms with van der Waals surface area (Å²) < 4.78 is 19.9. The normalized spacial score (nSPS) is 30.7. The molecule has 30 heavy (non-hydrogen) atoms. The Labute approximate surface area is 177 Å². The van der Waals surface area contributed by atoms with Gasteiger partial charge < -0.3 is 20.1 Å². The van der Waals surface area contributed by atoms with Crippen LogP contribution < -0.4 is 10.2 Å². The first kappa shape index (κ1) is 20.2. The summed E-state index contributed by atoms with van der Waals surface area (Å²) in [7, 11) is 0. The van der Waals surface area contributed by atoms with Gasteiger partial charge in [-0.3, -0.25) is 9.69 Å². The minimum absolute atomic E-state index is 0.000416. The molecule has 1 aromatic rings. The van der Waals surface area contributed by atoms with Crippen LogP contribution in [0.3, 0.4) is 0 Å². The standard InChI is InChI=1S/C23H32FN3O3/c24-19-12-16(4-5-20(19)27-8-10-30-11-9-27)25-22(28)21-17-13-26(14-18(17)21)15-23(29)6-2-1-3-7-23/h4-5,12,17-18,21,29H,1-3,6-11,13-15H2,(H,25,28). The lowest BCUT2D eigenvalue weighted by Gasteiger charge is -2.36. The number of amides is 1. The number of fused-ring (bicyclic) bond motifs is 1. The van der Waals surface area contributed by atoms with Gasteiger partial charge in [-0.15, -0.1) is 0 Å². The first-order chi connectivity index (χ1) is 14.5. The van der Waals surface area contributed by atoms with Crippen LogP contribution in [0.15, 0.2) is 18.2 Å². The van der Waals surface area contributed by atoms with Gasteiger partial charge in [0, 0.05) is 44.3 Å². The topological polar surface area (TPSA) is 65.0 Å². The summed E-state index contributed by atoms with van der Waals surface area (Å²) in [5.74, 6) is 0.450. The van der Waals surface area contributed by atoms with Crippen LogP contribution in [0.5, 0.6) is 0 Å². The Balaban J connectivity index is 1.13. The van der Waals surface area contributed by atoms with Crippen LogP contribution in [-0.2, 0) is 9.53 Å². The van der Waals surface area contributed by atoms with Gasteiger partial charge in [-0.1, -0.05) is 19.3 Å². The molecule has 1 aromatic carbocycles. The maximum atomic E-state index is 14.6. The van der Waals surface area contributed by atoms with Gasteiger partial charge in [0.25, 0.3) is 0 Å². The van der Waals surface area contributed by atoms with Crippen molar-refractivity contribution < 1.29 is 19.0 Å². The molecule has 4 fully saturated rings. The van der Waals surface area contributed by atoms with Gasteiger partial charge >= 0.3 is 0 Å². The minimum atomic E-state index is -0.535. The highest BCUT2D eigenvalue weighted by atomic mass is 19.1. The number of anilines is 2. The number of nitrogens with one attached hydrogen (secondary N) is 1. The predicted molar refractivity (Wildman–Crippen MR) is 113 cm³/mol. The summed E-state index contributed by atoms with van der Waals surface area (Å²) in [6, 6.07) is 4.96. The molecule has 6 nitrogen and oxygen atoms in total. The molecule has 0 radical (unpaired) electrons. The Morgan fingerprint density at radius 1 is 1.17 bits per heavy atom. The van der Waals surface area contributed by atoms with Crippen molar-refractivity contribution in [3.8, 4) is 0 Å². The molecule has 164 valence electrons. The molecule has 2 N–H and O–H groups in total. The number of carbonyl (C=O) groups excluding carboxylic acids is 1. The highest BCUT2D eigenvalue weighted by Crippen LogP contribution is 2.52. The van der Waals surface area contributed by atoms with Gasteiger partial charge in [0.15, 0.2) is 0 Å². The van der Waals surface area contributed by atoms with E-state index in [1.165, 1.54) is 12.5 Å². The Morgan fingerprint density at radius 2 is 1.87 bits per heavy atom. The van der Waals surface area contributed by atoms with E-state index in [1.54, 1.807) is 12.1 Å². The zero-order valence-electron chi connectivity index (χ0n) is 17.5. The molecule has 7 heteroatoms. The Kier molecular flexibility index (Phi) is 5.45. The molecule has 2 aliphatic carbocycles. The van der Waals surface area contributed by atoms with Gasteiger partial charge in [-0.25, -0.2) is 4.39 Å². The third-order valence-electron chi connectivity index (χ3n) is 7.44. The Morgan fingerprint density at radius 3 is 2.53 bits per heavy atom. The van der Waals surface area contributed by atoms with Crippen molar-refractivity contribution in [2.75, 3.05) is 56.2 Å². The lowest BCUT2D eigenvalue weighted by atomic mass is 9.84. The highest BCUT2D eigenvalue weighted by molar-refractivity contribution is 5.95. The number of morpholine rings is 1. The Bertz CT molecular complexity index is 780. The zero-order chi connectivity index (χ0) is 20.7. The summed E-state index contributed by atoms with van der Waals surface area (Å²) >= 11 is 0. The van der Waals surface area contributed by atoms with Crippen LogP contribution in [-0.4, -0.2) is 67.5 Å². The van der Waals surface area contributed by atoms with Crippen molar-refractivity contribution in [1.29, 1.82) is 0 Å². The minimum Gasteiger partial charge on any atom is -0.389 e. The van der Waals surface area contributed by atoms with E-state index in [9.17, 15) is 14.3 Å². The molecule has 2 saturated carbocycles. The number of hydrogen-bond acceptors (Lipinski definition) is 5. The largest absolute Gasteiger partial charge is 0.389 e. The third kappa shape index (κ3) is 4.07. The van der Waals surface area contributed by atoms with E-state index in [0.717, 1.165) is 45.3 Å². The second kappa shape index (κ2) is 8.09. The van der Waals surface area contributed by atoms with E-state index in [-0.39, 0.29) is 17.6 Å². The number of benzene rings is 1. The van der Waals surface area contributed by atoms with Crippen LogP contribution in [0, 0.1) is 23.6 Å². The second-order valence-electron chi connectivity index (χ2n) is 9.59. The number of ether oxygens (including phenoxy) is 1. The summed E-state index contributed by atoms with van der Waals surface area (Å²) in [5.41, 5.74) is 0.552. The fraction of sp³-hybridized carbons (Fsp3) is 0.696. The molecule has 2 aliphatic heterocycles. The molecule has 4 aliphatic rings. The van der Waals surface area contributed by atoms with Gasteiger partial charge in [0.1, 0.15) is 5.82 Å². The monoisotopic (exact) mass is 417 g/mol. The van der Waals surface area contributed by atoms with E-state index < -0.39 is 5.60 Å². The number of rotatable bonds is 5. The van der Waals surface area contributed by atoms with E-state index in [4.69, 9.17) is 4.74 Å². The molecule has 2 unspecified atom stereocenters. The number of hydrogen-bond donors (Lipinski definition) is 2. The van der Waals surface area contributed by atoms with Crippen molar-refractivity contribution in [3.63, 3.8) is 0 Å². The van der Waals surface area contributed by atoms with E-state index in [0.29, 0.717) is 49.5 Å². The first-order valence-electron chi connectivity index (χ1n) is 11.4. The molecular formula is C23H32FN3O3. The van der Waals surface area contributed by atoms with Crippen molar-refractivity contribution in [1.82, 2.24) is 4.90 Å². The van der Waals surface area contributed by atoms with Crippen molar-refractivity contribution in [3.05, 3.63) is 24.0 Å². The highest BCUT2D eigenvalue weighted by Gasteiger charge is 2.59. The van der Waals surface area contributed by atoms with Crippen LogP contribution >= 0.6 is 0 Å². The van der Waals surface area contributed by atoms with Crippen LogP contribution in [0.1, 0.15) is 32.1 Å². The maximum Gasteiger partial charge on any atom is 0.228 e. The number of likely N-dealkylation sites (tertiary alicyclic amines) is 1. The molecule has 2 heterocycles. The second-order valence-corrected chi connectivity index (χ2v) is 9.59. The summed E-state index contributed by atoms with van der Waals surface area (Å²) in [6.45, 7) is 5.08. The maximum absolute atomic E-state index is 14.6. The average molecular weight is 418 g/mol. The van der Waals surface area contributed by atoms with Crippen LogP contribution in [0.25, 0.3) is 0 Å². The average Bonchev–Trinajstić information content (AvgIpc) is 3.25. The SMILES string of the molecule is O=C(Nc1ccc(N2CCOCC2)c(F)c1)C1C2CN(CC3(O)CCCCC3)CC21. The van der Waals surface area contributed by atoms with Crippen molar-refractivity contribution in [2.45, 2.75) is 37.7 Å². The first-order valence-corrected chi connectivity index (χ1v) is 11.4. The lowest BCUT2D eigenvalue weighted by molar-refractivity contribution is -0.118. The number of β-amino-alcohol motifs (C(OH)–C–C–N with tert-alkyl or cyclic N) is 1. The molecule has 1 amide bonds. The van der Waals surface area contributed by atoms with Gasteiger partial charge in [0.05, 0.1) is 24.5 Å². The van der Waals surface area contributed by atoms with E-state index in [2.05, 4.69) is 10.2 Å². The molecule has 2 atom stereocenters. The smallest absolute Gasteiger partial charge is 0.228 e. The van der Waals surface area contributed by atoms with Gasteiger partial charge in [0.2, 0.25) is 5.91 Å². The van der Waals surface area contributed by atoms with Crippen LogP contribution in [0.4, 0.5) is 15.8 Å². The molecule has 0 aromatic heterocycles. The molecular weight excluding hydrogens is 385 g/mol. The fourth-order valence-electron chi connectivity index (χ4n) is 5.79. The van der Waals surface area contributed by atoms with E-state index >= 15 is 0 Å². The van der Waals surface area contributed by atoms with E-state index in [1.807, 2.05) is 4.90 Å². The summed E-state index contributed by atoms with van der Waals surface area (Å²) in [6.07, 6.45) is 5.25. The summed E-state index contributed by atoms with van der Waals surface area (Å²) in [4.78, 5) is 17.0. The number of nitrogens with zero attached hydrogens (tertiary/aromatic N) is 2. The van der Waals surface area contributed by atoms with Crippen molar-refractivity contribution in [2.24, 2.45) is 17.8 Å². The van der Waals surface area contributed by atoms with Crippen LogP contribution in [0.2, 0.25) is 0 Å². The summed E-state index contributed by atoms with van der Waals surface area (Å²) in [5, 5.41) is 13.7. The van der Waals surface area contributed by atoms with Gasteiger partial charge in [-0.05, 0) is 42.9 Å². The molecule has 5 rings (SSSR count). The number of piperidine rings is 1. The number of carbonyl (C=O) groups is 1. The quantitative estimate of drug-likeness (QED) is 0.771. The zero-order valence-corrected chi connectivity index (χ0v) is 17.5. The fourth-order valence-corrected chi connectivity index (χ4v) is 5.79. The third-order valence-corrected chi connectivity index (χ3v) is 7.44. The molecule has 0 spiro atoms. The molecule has 2 saturated heterocycles. The number of aliphatic hydroxyl groups is 1. The Hall–Kier alpha value is -1.70. The van der Waals surface area contributed by atoms with Gasteiger partial charge in [-0.2, -0.15) is 0 Å². The number of halogens is 1. The lowest BCUT2D eigenvalue weighted by Crippen LogP contribution is -2.44. The molecule has 0 bridgehead atoms. The van der Waals surface area contributed by atoms with Crippen molar-refractivity contribution >= 4 is 17.3 Å².